The minimum atomic E-state index is -0.164. The molecule has 0 saturated carbocycles. The van der Waals surface area contributed by atoms with Crippen LogP contribution in [-0.4, -0.2) is 25.2 Å². The fourth-order valence-corrected chi connectivity index (χ4v) is 4.55. The normalized spacial score (nSPS) is 16.1. The maximum atomic E-state index is 5.97. The van der Waals surface area contributed by atoms with Gasteiger partial charge in [0.1, 0.15) is 11.2 Å². The van der Waals surface area contributed by atoms with Gasteiger partial charge in [0.05, 0.1) is 17.6 Å². The molecule has 0 aliphatic carbocycles. The van der Waals surface area contributed by atoms with Gasteiger partial charge in [0.15, 0.2) is 5.65 Å². The summed E-state index contributed by atoms with van der Waals surface area (Å²) in [4.78, 5) is 11.6. The van der Waals surface area contributed by atoms with Crippen LogP contribution in [0.2, 0.25) is 0 Å². The van der Waals surface area contributed by atoms with Crippen molar-refractivity contribution in [3.8, 4) is 0 Å². The lowest BCUT2D eigenvalue weighted by Gasteiger charge is -2.30. The largest absolute Gasteiger partial charge is 0.370 e. The van der Waals surface area contributed by atoms with Crippen LogP contribution in [0, 0.1) is 0 Å². The zero-order valence-corrected chi connectivity index (χ0v) is 15.5. The van der Waals surface area contributed by atoms with E-state index in [-0.39, 0.29) is 5.60 Å². The molecule has 4 heterocycles. The molecule has 4 aromatic rings. The highest BCUT2D eigenvalue weighted by Crippen LogP contribution is 2.40. The Bertz CT molecular complexity index is 1100. The molecular formula is C19H19N5OS. The lowest BCUT2D eigenvalue weighted by Crippen LogP contribution is -2.31. The summed E-state index contributed by atoms with van der Waals surface area (Å²) in [6, 6.07) is 10.3. The average Bonchev–Trinajstić information content (AvgIpc) is 3.23. The van der Waals surface area contributed by atoms with Crippen molar-refractivity contribution in [3.63, 3.8) is 0 Å². The Morgan fingerprint density at radius 2 is 2.12 bits per heavy atom. The predicted octanol–water partition coefficient (Wildman–Crippen LogP) is 3.80. The number of rotatable bonds is 3. The molecule has 1 aliphatic heterocycles. The number of nitrogens with zero attached hydrogens (tertiary/aromatic N) is 4. The summed E-state index contributed by atoms with van der Waals surface area (Å²) in [7, 11) is 0. The SMILES string of the molecule is CC1(C)Cc2c(sc3nc(NCc4ccccc4)n4ncnc4c23)CO1. The zero-order chi connectivity index (χ0) is 17.7. The summed E-state index contributed by atoms with van der Waals surface area (Å²) in [6.07, 6.45) is 2.46. The summed E-state index contributed by atoms with van der Waals surface area (Å²) < 4.78 is 7.78. The molecule has 0 atom stereocenters. The quantitative estimate of drug-likeness (QED) is 0.598. The van der Waals surface area contributed by atoms with Crippen LogP contribution in [0.15, 0.2) is 36.7 Å². The molecule has 1 N–H and O–H groups in total. The Balaban J connectivity index is 1.61. The third-order valence-corrected chi connectivity index (χ3v) is 5.84. The monoisotopic (exact) mass is 365 g/mol. The van der Waals surface area contributed by atoms with E-state index >= 15 is 0 Å². The molecule has 1 aliphatic rings. The third kappa shape index (κ3) is 2.55. The summed E-state index contributed by atoms with van der Waals surface area (Å²) >= 11 is 1.70. The van der Waals surface area contributed by atoms with Gasteiger partial charge in [-0.2, -0.15) is 9.61 Å². The van der Waals surface area contributed by atoms with E-state index in [9.17, 15) is 0 Å². The van der Waals surface area contributed by atoms with Gasteiger partial charge in [-0.05, 0) is 25.0 Å². The number of anilines is 1. The van der Waals surface area contributed by atoms with Gasteiger partial charge in [0, 0.05) is 17.8 Å². The molecule has 0 unspecified atom stereocenters. The molecule has 5 rings (SSSR count). The van der Waals surface area contributed by atoms with E-state index in [2.05, 4.69) is 41.4 Å². The lowest BCUT2D eigenvalue weighted by molar-refractivity contribution is -0.0379. The molecule has 3 aromatic heterocycles. The molecule has 0 spiro atoms. The van der Waals surface area contributed by atoms with Gasteiger partial charge in [-0.1, -0.05) is 30.3 Å². The van der Waals surface area contributed by atoms with Crippen LogP contribution in [0.1, 0.15) is 29.9 Å². The number of fused-ring (bicyclic) bond motifs is 5. The Hall–Kier alpha value is -2.51. The molecule has 6 nitrogen and oxygen atoms in total. The van der Waals surface area contributed by atoms with Gasteiger partial charge in [0.25, 0.3) is 0 Å². The molecule has 26 heavy (non-hydrogen) atoms. The first-order chi connectivity index (χ1) is 12.6. The molecular weight excluding hydrogens is 346 g/mol. The summed E-state index contributed by atoms with van der Waals surface area (Å²) in [6.45, 7) is 5.58. The zero-order valence-electron chi connectivity index (χ0n) is 14.7. The van der Waals surface area contributed by atoms with Crippen molar-refractivity contribution < 1.29 is 4.74 Å². The Morgan fingerprint density at radius 1 is 1.27 bits per heavy atom. The lowest BCUT2D eigenvalue weighted by atomic mass is 9.94. The fraction of sp³-hybridized carbons (Fsp3) is 0.316. The summed E-state index contributed by atoms with van der Waals surface area (Å²) in [5, 5.41) is 8.92. The molecule has 0 fully saturated rings. The summed E-state index contributed by atoms with van der Waals surface area (Å²) in [5.74, 6) is 0.715. The van der Waals surface area contributed by atoms with Gasteiger partial charge >= 0.3 is 0 Å². The molecule has 7 heteroatoms. The van der Waals surface area contributed by atoms with E-state index in [1.807, 2.05) is 18.2 Å². The maximum Gasteiger partial charge on any atom is 0.227 e. The second-order valence-corrected chi connectivity index (χ2v) is 8.26. The number of aromatic nitrogens is 4. The Kier molecular flexibility index (Phi) is 3.48. The topological polar surface area (TPSA) is 64.3 Å². The van der Waals surface area contributed by atoms with Crippen LogP contribution in [0.4, 0.5) is 5.95 Å². The Labute approximate surface area is 154 Å². The molecule has 0 amide bonds. The van der Waals surface area contributed by atoms with Crippen LogP contribution in [0.5, 0.6) is 0 Å². The molecule has 0 radical (unpaired) electrons. The van der Waals surface area contributed by atoms with Crippen LogP contribution in [0.25, 0.3) is 15.9 Å². The minimum absolute atomic E-state index is 0.164. The molecule has 0 saturated heterocycles. The molecule has 132 valence electrons. The highest BCUT2D eigenvalue weighted by atomic mass is 32.1. The predicted molar refractivity (Wildman–Crippen MR) is 103 cm³/mol. The van der Waals surface area contributed by atoms with Gasteiger partial charge in [-0.15, -0.1) is 11.3 Å². The van der Waals surface area contributed by atoms with Crippen molar-refractivity contribution in [1.82, 2.24) is 19.6 Å². The number of nitrogens with one attached hydrogen (secondary N) is 1. The van der Waals surface area contributed by atoms with Crippen LogP contribution in [-0.2, 0) is 24.3 Å². The number of benzene rings is 1. The smallest absolute Gasteiger partial charge is 0.227 e. The van der Waals surface area contributed by atoms with Crippen molar-refractivity contribution in [2.45, 2.75) is 39.0 Å². The van der Waals surface area contributed by atoms with Crippen molar-refractivity contribution in [2.24, 2.45) is 0 Å². The highest BCUT2D eigenvalue weighted by molar-refractivity contribution is 7.19. The van der Waals surface area contributed by atoms with Gasteiger partial charge in [0.2, 0.25) is 5.95 Å². The number of hydrogen-bond acceptors (Lipinski definition) is 6. The van der Waals surface area contributed by atoms with E-state index in [0.29, 0.717) is 19.1 Å². The maximum absolute atomic E-state index is 5.97. The van der Waals surface area contributed by atoms with Crippen molar-refractivity contribution in [2.75, 3.05) is 5.32 Å². The van der Waals surface area contributed by atoms with Crippen LogP contribution >= 0.6 is 11.3 Å². The van der Waals surface area contributed by atoms with E-state index in [0.717, 1.165) is 22.3 Å². The van der Waals surface area contributed by atoms with E-state index in [4.69, 9.17) is 9.72 Å². The van der Waals surface area contributed by atoms with Gasteiger partial charge in [-0.3, -0.25) is 0 Å². The fourth-order valence-electron chi connectivity index (χ4n) is 3.45. The first kappa shape index (κ1) is 15.7. The van der Waals surface area contributed by atoms with Crippen molar-refractivity contribution in [1.29, 1.82) is 0 Å². The summed E-state index contributed by atoms with van der Waals surface area (Å²) in [5.41, 5.74) is 3.20. The highest BCUT2D eigenvalue weighted by Gasteiger charge is 2.31. The number of thiophene rings is 1. The standard InChI is InChI=1S/C19H19N5OS/c1-19(2)8-13-14(10-25-19)26-17-15(13)16-21-11-22-24(16)18(23-17)20-9-12-6-4-3-5-7-12/h3-7,11H,8-10H2,1-2H3,(H,20,23). The first-order valence-electron chi connectivity index (χ1n) is 8.66. The number of hydrogen-bond donors (Lipinski definition) is 1. The van der Waals surface area contributed by atoms with Crippen molar-refractivity contribution >= 4 is 33.1 Å². The second-order valence-electron chi connectivity index (χ2n) is 7.18. The average molecular weight is 365 g/mol. The van der Waals surface area contributed by atoms with E-state index in [1.165, 1.54) is 16.0 Å². The molecule has 0 bridgehead atoms. The molecule has 1 aromatic carbocycles. The third-order valence-electron chi connectivity index (χ3n) is 4.74. The van der Waals surface area contributed by atoms with Crippen molar-refractivity contribution in [3.05, 3.63) is 52.7 Å². The first-order valence-corrected chi connectivity index (χ1v) is 9.48. The minimum Gasteiger partial charge on any atom is -0.370 e. The van der Waals surface area contributed by atoms with Gasteiger partial charge in [-0.25, -0.2) is 9.97 Å². The van der Waals surface area contributed by atoms with E-state index in [1.54, 1.807) is 22.2 Å². The van der Waals surface area contributed by atoms with Crippen LogP contribution < -0.4 is 5.32 Å². The van der Waals surface area contributed by atoms with E-state index < -0.39 is 0 Å². The second kappa shape index (κ2) is 5.75. The Morgan fingerprint density at radius 3 is 2.96 bits per heavy atom. The van der Waals surface area contributed by atoms with Crippen LogP contribution in [0.3, 0.4) is 0 Å². The van der Waals surface area contributed by atoms with Gasteiger partial charge < -0.3 is 10.1 Å². The number of ether oxygens (including phenoxy) is 1.